The number of aromatic hydroxyl groups is 1. The fourth-order valence-corrected chi connectivity index (χ4v) is 3.00. The fraction of sp³-hybridized carbons (Fsp3) is 0.579. The maximum atomic E-state index is 12.1. The minimum Gasteiger partial charge on any atom is -0.506 e. The molecule has 1 saturated heterocycles. The molecule has 2 rings (SSSR count). The van der Waals surface area contributed by atoms with Crippen LogP contribution in [0.5, 0.6) is 5.75 Å². The van der Waals surface area contributed by atoms with Gasteiger partial charge in [0.05, 0.1) is 11.1 Å². The van der Waals surface area contributed by atoms with Crippen LogP contribution in [0.3, 0.4) is 0 Å². The summed E-state index contributed by atoms with van der Waals surface area (Å²) in [5, 5.41) is 16.2. The molecule has 1 heterocycles. The van der Waals surface area contributed by atoms with Crippen LogP contribution in [0.15, 0.2) is 29.3 Å². The van der Waals surface area contributed by atoms with Gasteiger partial charge < -0.3 is 25.5 Å². The Bertz CT molecular complexity index is 637. The molecular formula is C19H31N5O2. The number of hydrogen-bond acceptors (Lipinski definition) is 4. The molecule has 0 unspecified atom stereocenters. The van der Waals surface area contributed by atoms with Gasteiger partial charge in [0.2, 0.25) is 5.91 Å². The summed E-state index contributed by atoms with van der Waals surface area (Å²) in [6, 6.07) is 7.42. The van der Waals surface area contributed by atoms with Gasteiger partial charge in [-0.2, -0.15) is 0 Å². The van der Waals surface area contributed by atoms with Crippen molar-refractivity contribution < 1.29 is 9.90 Å². The topological polar surface area (TPSA) is 80.2 Å². The van der Waals surface area contributed by atoms with Gasteiger partial charge in [-0.15, -0.1) is 0 Å². The molecule has 1 aromatic carbocycles. The number of benzene rings is 1. The molecule has 0 radical (unpaired) electrons. The number of nitrogens with one attached hydrogen (secondary N) is 2. The molecule has 0 aromatic heterocycles. The molecule has 0 saturated carbocycles. The van der Waals surface area contributed by atoms with E-state index in [0.29, 0.717) is 18.8 Å². The Morgan fingerprint density at radius 3 is 2.42 bits per heavy atom. The van der Waals surface area contributed by atoms with Crippen LogP contribution in [-0.4, -0.2) is 68.2 Å². The number of hydrogen-bond donors (Lipinski definition) is 3. The van der Waals surface area contributed by atoms with E-state index in [1.807, 2.05) is 39.0 Å². The predicted octanol–water partition coefficient (Wildman–Crippen LogP) is 1.25. The van der Waals surface area contributed by atoms with Gasteiger partial charge in [0.25, 0.3) is 0 Å². The van der Waals surface area contributed by atoms with Crippen LogP contribution in [-0.2, 0) is 4.79 Å². The lowest BCUT2D eigenvalue weighted by Gasteiger charge is -2.38. The average Bonchev–Trinajstić information content (AvgIpc) is 2.63. The third-order valence-corrected chi connectivity index (χ3v) is 4.65. The summed E-state index contributed by atoms with van der Waals surface area (Å²) in [5.74, 6) is 1.15. The first kappa shape index (κ1) is 19.9. The second kappa shape index (κ2) is 8.78. The van der Waals surface area contributed by atoms with Crippen LogP contribution in [0.25, 0.3) is 0 Å². The Balaban J connectivity index is 1.91. The van der Waals surface area contributed by atoms with Crippen LogP contribution in [0, 0.1) is 5.41 Å². The van der Waals surface area contributed by atoms with E-state index >= 15 is 0 Å². The van der Waals surface area contributed by atoms with Crippen LogP contribution >= 0.6 is 0 Å². The number of aliphatic imine (C=N–C) groups is 1. The van der Waals surface area contributed by atoms with Gasteiger partial charge in [0, 0.05) is 46.3 Å². The van der Waals surface area contributed by atoms with E-state index in [0.717, 1.165) is 37.8 Å². The fourth-order valence-electron chi connectivity index (χ4n) is 3.00. The van der Waals surface area contributed by atoms with Gasteiger partial charge >= 0.3 is 0 Å². The summed E-state index contributed by atoms with van der Waals surface area (Å²) < 4.78 is 0. The van der Waals surface area contributed by atoms with Crippen molar-refractivity contribution in [3.8, 4) is 5.75 Å². The summed E-state index contributed by atoms with van der Waals surface area (Å²) in [5.41, 5.74) is 0.358. The molecule has 1 aliphatic heterocycles. The Morgan fingerprint density at radius 1 is 1.19 bits per heavy atom. The minimum absolute atomic E-state index is 0.0346. The van der Waals surface area contributed by atoms with E-state index in [9.17, 15) is 9.90 Å². The predicted molar refractivity (Wildman–Crippen MR) is 106 cm³/mol. The maximum absolute atomic E-state index is 12.1. The Kier molecular flexibility index (Phi) is 6.71. The standard InChI is InChI=1S/C19H31N5O2/c1-5-21-17(26)19(2,3)14-22-18(20-4)24-12-10-23(11-13-24)15-8-6-7-9-16(15)25/h6-9,25H,5,10-14H2,1-4H3,(H,20,22)(H,21,26). The SMILES string of the molecule is CCNC(=O)C(C)(C)CNC(=NC)N1CCN(c2ccccc2O)CC1. The smallest absolute Gasteiger partial charge is 0.227 e. The van der Waals surface area contributed by atoms with E-state index in [2.05, 4.69) is 25.4 Å². The Hall–Kier alpha value is -2.44. The molecule has 1 aromatic rings. The summed E-state index contributed by atoms with van der Waals surface area (Å²) in [6.45, 7) is 10.1. The van der Waals surface area contributed by atoms with Gasteiger partial charge in [0.1, 0.15) is 5.75 Å². The zero-order valence-electron chi connectivity index (χ0n) is 16.2. The van der Waals surface area contributed by atoms with Crippen molar-refractivity contribution in [2.75, 3.05) is 51.2 Å². The lowest BCUT2D eigenvalue weighted by Crippen LogP contribution is -2.54. The second-order valence-electron chi connectivity index (χ2n) is 7.11. The first-order valence-electron chi connectivity index (χ1n) is 9.16. The van der Waals surface area contributed by atoms with Crippen LogP contribution < -0.4 is 15.5 Å². The molecule has 7 heteroatoms. The number of guanidine groups is 1. The van der Waals surface area contributed by atoms with Gasteiger partial charge in [0.15, 0.2) is 5.96 Å². The molecule has 0 spiro atoms. The molecule has 0 aliphatic carbocycles. The van der Waals surface area contributed by atoms with Crippen molar-refractivity contribution in [2.45, 2.75) is 20.8 Å². The van der Waals surface area contributed by atoms with E-state index in [1.165, 1.54) is 0 Å². The van der Waals surface area contributed by atoms with Crippen molar-refractivity contribution in [3.63, 3.8) is 0 Å². The quantitative estimate of drug-likeness (QED) is 0.543. The number of phenolic OH excluding ortho intramolecular Hbond substituents is 1. The molecule has 1 aliphatic rings. The molecule has 1 amide bonds. The number of para-hydroxylation sites is 2. The van der Waals surface area contributed by atoms with Crippen molar-refractivity contribution >= 4 is 17.6 Å². The zero-order chi connectivity index (χ0) is 19.2. The molecule has 7 nitrogen and oxygen atoms in total. The van der Waals surface area contributed by atoms with Crippen molar-refractivity contribution in [1.29, 1.82) is 0 Å². The number of piperazine rings is 1. The molecule has 1 fully saturated rings. The van der Waals surface area contributed by atoms with E-state index in [-0.39, 0.29) is 5.91 Å². The number of nitrogens with zero attached hydrogens (tertiary/aromatic N) is 3. The number of carbonyl (C=O) groups excluding carboxylic acids is 1. The first-order valence-corrected chi connectivity index (χ1v) is 9.16. The normalized spacial score (nSPS) is 15.8. The van der Waals surface area contributed by atoms with Crippen LogP contribution in [0.1, 0.15) is 20.8 Å². The molecule has 0 atom stereocenters. The highest BCUT2D eigenvalue weighted by Gasteiger charge is 2.28. The highest BCUT2D eigenvalue weighted by molar-refractivity contribution is 5.84. The van der Waals surface area contributed by atoms with Crippen molar-refractivity contribution in [3.05, 3.63) is 24.3 Å². The van der Waals surface area contributed by atoms with Crippen LogP contribution in [0.4, 0.5) is 5.69 Å². The first-order chi connectivity index (χ1) is 12.4. The minimum atomic E-state index is -0.510. The summed E-state index contributed by atoms with van der Waals surface area (Å²) in [7, 11) is 1.76. The van der Waals surface area contributed by atoms with E-state index in [4.69, 9.17) is 0 Å². The largest absolute Gasteiger partial charge is 0.506 e. The van der Waals surface area contributed by atoms with Gasteiger partial charge in [-0.25, -0.2) is 0 Å². The Labute approximate surface area is 156 Å². The molecular weight excluding hydrogens is 330 g/mol. The van der Waals surface area contributed by atoms with E-state index < -0.39 is 5.41 Å². The highest BCUT2D eigenvalue weighted by Crippen LogP contribution is 2.27. The van der Waals surface area contributed by atoms with Crippen LogP contribution in [0.2, 0.25) is 0 Å². The number of phenols is 1. The van der Waals surface area contributed by atoms with Crippen molar-refractivity contribution in [2.24, 2.45) is 10.4 Å². The highest BCUT2D eigenvalue weighted by atomic mass is 16.3. The average molecular weight is 361 g/mol. The number of carbonyl (C=O) groups is 1. The third kappa shape index (κ3) is 4.80. The van der Waals surface area contributed by atoms with Gasteiger partial charge in [-0.05, 0) is 32.9 Å². The maximum Gasteiger partial charge on any atom is 0.227 e. The molecule has 144 valence electrons. The third-order valence-electron chi connectivity index (χ3n) is 4.65. The summed E-state index contributed by atoms with van der Waals surface area (Å²) >= 11 is 0. The van der Waals surface area contributed by atoms with E-state index in [1.54, 1.807) is 13.1 Å². The molecule has 0 bridgehead atoms. The molecule has 3 N–H and O–H groups in total. The zero-order valence-corrected chi connectivity index (χ0v) is 16.2. The second-order valence-corrected chi connectivity index (χ2v) is 7.11. The lowest BCUT2D eigenvalue weighted by molar-refractivity contribution is -0.128. The Morgan fingerprint density at radius 2 is 1.85 bits per heavy atom. The summed E-state index contributed by atoms with van der Waals surface area (Å²) in [6.07, 6.45) is 0. The molecule has 26 heavy (non-hydrogen) atoms. The lowest BCUT2D eigenvalue weighted by atomic mass is 9.92. The van der Waals surface area contributed by atoms with Gasteiger partial charge in [-0.3, -0.25) is 9.79 Å². The number of rotatable bonds is 5. The number of anilines is 1. The van der Waals surface area contributed by atoms with Gasteiger partial charge in [-0.1, -0.05) is 12.1 Å². The number of amides is 1. The monoisotopic (exact) mass is 361 g/mol. The summed E-state index contributed by atoms with van der Waals surface area (Å²) in [4.78, 5) is 20.9. The van der Waals surface area contributed by atoms with Crippen molar-refractivity contribution in [1.82, 2.24) is 15.5 Å².